The molecule has 6 nitrogen and oxygen atoms in total. The summed E-state index contributed by atoms with van der Waals surface area (Å²) < 4.78 is 0. The molecule has 1 fully saturated rings. The van der Waals surface area contributed by atoms with Gasteiger partial charge in [0.1, 0.15) is 5.01 Å². The summed E-state index contributed by atoms with van der Waals surface area (Å²) in [6, 6.07) is -0.330. The van der Waals surface area contributed by atoms with E-state index in [0.717, 1.165) is 50.0 Å². The SMILES string of the molecule is CCCCc1nnc(NC(=O)NCC2(O)CCCC2)s1. The third-order valence-electron chi connectivity index (χ3n) is 3.54. The molecule has 112 valence electrons. The molecule has 1 aliphatic carbocycles. The van der Waals surface area contributed by atoms with Gasteiger partial charge in [-0.2, -0.15) is 0 Å². The van der Waals surface area contributed by atoms with Crippen LogP contribution < -0.4 is 10.6 Å². The van der Waals surface area contributed by atoms with Gasteiger partial charge in [0.25, 0.3) is 0 Å². The Morgan fingerprint density at radius 2 is 2.15 bits per heavy atom. The second-order valence-electron chi connectivity index (χ2n) is 5.34. The van der Waals surface area contributed by atoms with Crippen LogP contribution in [0.5, 0.6) is 0 Å². The fourth-order valence-electron chi connectivity index (χ4n) is 2.33. The molecule has 0 spiro atoms. The van der Waals surface area contributed by atoms with Crippen LogP contribution in [0.2, 0.25) is 0 Å². The summed E-state index contributed by atoms with van der Waals surface area (Å²) in [4.78, 5) is 11.7. The maximum Gasteiger partial charge on any atom is 0.321 e. The van der Waals surface area contributed by atoms with E-state index in [9.17, 15) is 9.90 Å². The summed E-state index contributed by atoms with van der Waals surface area (Å²) in [5.74, 6) is 0. The fourth-order valence-corrected chi connectivity index (χ4v) is 3.11. The van der Waals surface area contributed by atoms with Crippen LogP contribution in [-0.2, 0) is 6.42 Å². The smallest absolute Gasteiger partial charge is 0.321 e. The molecule has 7 heteroatoms. The molecule has 3 N–H and O–H groups in total. The Labute approximate surface area is 123 Å². The lowest BCUT2D eigenvalue weighted by molar-refractivity contribution is 0.0506. The van der Waals surface area contributed by atoms with Gasteiger partial charge in [-0.15, -0.1) is 10.2 Å². The van der Waals surface area contributed by atoms with E-state index in [1.807, 2.05) is 0 Å². The number of hydrogen-bond donors (Lipinski definition) is 3. The maximum atomic E-state index is 11.7. The zero-order valence-corrected chi connectivity index (χ0v) is 12.6. The molecule has 0 aliphatic heterocycles. The lowest BCUT2D eigenvalue weighted by Crippen LogP contribution is -2.42. The van der Waals surface area contributed by atoms with Gasteiger partial charge in [0.2, 0.25) is 5.13 Å². The third kappa shape index (κ3) is 4.42. The molecule has 20 heavy (non-hydrogen) atoms. The number of aryl methyl sites for hydroxylation is 1. The van der Waals surface area contributed by atoms with Gasteiger partial charge in [-0.1, -0.05) is 37.5 Å². The summed E-state index contributed by atoms with van der Waals surface area (Å²) >= 11 is 1.40. The Morgan fingerprint density at radius 3 is 2.85 bits per heavy atom. The Morgan fingerprint density at radius 1 is 1.40 bits per heavy atom. The molecule has 1 aliphatic rings. The van der Waals surface area contributed by atoms with Gasteiger partial charge in [0.05, 0.1) is 5.60 Å². The van der Waals surface area contributed by atoms with E-state index in [4.69, 9.17) is 0 Å². The van der Waals surface area contributed by atoms with Gasteiger partial charge >= 0.3 is 6.03 Å². The van der Waals surface area contributed by atoms with Crippen molar-refractivity contribution in [1.82, 2.24) is 15.5 Å². The number of amides is 2. The summed E-state index contributed by atoms with van der Waals surface area (Å²) in [6.07, 6.45) is 6.65. The second-order valence-corrected chi connectivity index (χ2v) is 6.41. The van der Waals surface area contributed by atoms with Crippen LogP contribution in [0.4, 0.5) is 9.93 Å². The average Bonchev–Trinajstić information content (AvgIpc) is 3.04. The van der Waals surface area contributed by atoms with Crippen molar-refractivity contribution in [3.8, 4) is 0 Å². The minimum Gasteiger partial charge on any atom is -0.388 e. The van der Waals surface area contributed by atoms with Crippen molar-refractivity contribution in [2.24, 2.45) is 0 Å². The van der Waals surface area contributed by atoms with E-state index in [-0.39, 0.29) is 6.03 Å². The number of rotatable bonds is 6. The summed E-state index contributed by atoms with van der Waals surface area (Å²) in [5.41, 5.74) is -0.731. The molecule has 0 unspecified atom stereocenters. The van der Waals surface area contributed by atoms with Crippen LogP contribution in [0.1, 0.15) is 50.5 Å². The molecule has 0 radical (unpaired) electrons. The lowest BCUT2D eigenvalue weighted by Gasteiger charge is -2.22. The highest BCUT2D eigenvalue weighted by Gasteiger charge is 2.31. The van der Waals surface area contributed by atoms with Crippen LogP contribution in [-0.4, -0.2) is 33.5 Å². The number of aliphatic hydroxyl groups is 1. The highest BCUT2D eigenvalue weighted by atomic mass is 32.1. The maximum absolute atomic E-state index is 11.7. The van der Waals surface area contributed by atoms with Crippen LogP contribution in [0.15, 0.2) is 0 Å². The number of hydrogen-bond acceptors (Lipinski definition) is 5. The first-order chi connectivity index (χ1) is 9.61. The first kappa shape index (κ1) is 15.2. The van der Waals surface area contributed by atoms with E-state index in [2.05, 4.69) is 27.8 Å². The van der Waals surface area contributed by atoms with Crippen LogP contribution >= 0.6 is 11.3 Å². The quantitative estimate of drug-likeness (QED) is 0.752. The highest BCUT2D eigenvalue weighted by Crippen LogP contribution is 2.28. The number of carbonyl (C=O) groups is 1. The molecule has 0 atom stereocenters. The van der Waals surface area contributed by atoms with E-state index in [0.29, 0.717) is 11.7 Å². The summed E-state index contributed by atoms with van der Waals surface area (Å²) in [5, 5.41) is 24.9. The molecule has 0 aromatic carbocycles. The predicted molar refractivity (Wildman–Crippen MR) is 79.0 cm³/mol. The van der Waals surface area contributed by atoms with Gasteiger partial charge in [-0.05, 0) is 19.3 Å². The molecule has 1 saturated carbocycles. The number of aromatic nitrogens is 2. The number of carbonyl (C=O) groups excluding carboxylic acids is 1. The zero-order valence-electron chi connectivity index (χ0n) is 11.8. The van der Waals surface area contributed by atoms with Crippen molar-refractivity contribution < 1.29 is 9.90 Å². The van der Waals surface area contributed by atoms with Crippen LogP contribution in [0.25, 0.3) is 0 Å². The lowest BCUT2D eigenvalue weighted by atomic mass is 10.0. The largest absolute Gasteiger partial charge is 0.388 e. The Kier molecular flexibility index (Phi) is 5.31. The van der Waals surface area contributed by atoms with Gasteiger partial charge in [-0.25, -0.2) is 4.79 Å². The van der Waals surface area contributed by atoms with Gasteiger partial charge in [0.15, 0.2) is 0 Å². The molecular formula is C13H22N4O2S. The normalized spacial score (nSPS) is 17.1. The Hall–Kier alpha value is -1.21. The molecule has 1 aromatic heterocycles. The first-order valence-electron chi connectivity index (χ1n) is 7.21. The van der Waals surface area contributed by atoms with Crippen LogP contribution in [0, 0.1) is 0 Å². The topological polar surface area (TPSA) is 87.1 Å². The van der Waals surface area contributed by atoms with Crippen molar-refractivity contribution in [3.05, 3.63) is 5.01 Å². The minimum absolute atomic E-state index is 0.292. The highest BCUT2D eigenvalue weighted by molar-refractivity contribution is 7.15. The van der Waals surface area contributed by atoms with E-state index in [1.54, 1.807) is 0 Å². The van der Waals surface area contributed by atoms with Crippen LogP contribution in [0.3, 0.4) is 0 Å². The standard InChI is InChI=1S/C13H22N4O2S/c1-2-3-6-10-16-17-12(20-10)15-11(18)14-9-13(19)7-4-5-8-13/h19H,2-9H2,1H3,(H2,14,15,17,18). The summed E-state index contributed by atoms with van der Waals surface area (Å²) in [7, 11) is 0. The van der Waals surface area contributed by atoms with Crippen molar-refractivity contribution >= 4 is 22.5 Å². The van der Waals surface area contributed by atoms with Crippen molar-refractivity contribution in [2.45, 2.75) is 57.5 Å². The first-order valence-corrected chi connectivity index (χ1v) is 8.02. The Bertz CT molecular complexity index is 443. The predicted octanol–water partition coefficient (Wildman–Crippen LogP) is 2.31. The Balaban J connectivity index is 1.75. The van der Waals surface area contributed by atoms with Crippen molar-refractivity contribution in [2.75, 3.05) is 11.9 Å². The number of nitrogens with zero attached hydrogens (tertiary/aromatic N) is 2. The molecule has 1 aromatic rings. The van der Waals surface area contributed by atoms with Gasteiger partial charge < -0.3 is 10.4 Å². The molecule has 0 saturated heterocycles. The minimum atomic E-state index is -0.731. The molecular weight excluding hydrogens is 276 g/mol. The summed E-state index contributed by atoms with van der Waals surface area (Å²) in [6.45, 7) is 2.42. The van der Waals surface area contributed by atoms with E-state index < -0.39 is 5.60 Å². The molecule has 2 rings (SSSR count). The third-order valence-corrected chi connectivity index (χ3v) is 4.44. The number of unbranched alkanes of at least 4 members (excludes halogenated alkanes) is 1. The van der Waals surface area contributed by atoms with Gasteiger partial charge in [0, 0.05) is 13.0 Å². The van der Waals surface area contributed by atoms with Crippen molar-refractivity contribution in [1.29, 1.82) is 0 Å². The average molecular weight is 298 g/mol. The zero-order chi connectivity index (χ0) is 14.4. The fraction of sp³-hybridized carbons (Fsp3) is 0.769. The van der Waals surface area contributed by atoms with E-state index >= 15 is 0 Å². The van der Waals surface area contributed by atoms with E-state index in [1.165, 1.54) is 11.3 Å². The van der Waals surface area contributed by atoms with Gasteiger partial charge in [-0.3, -0.25) is 5.32 Å². The second kappa shape index (κ2) is 6.99. The van der Waals surface area contributed by atoms with Crippen molar-refractivity contribution in [3.63, 3.8) is 0 Å². The number of anilines is 1. The molecule has 2 amide bonds. The number of nitrogens with one attached hydrogen (secondary N) is 2. The molecule has 1 heterocycles. The monoisotopic (exact) mass is 298 g/mol. The number of urea groups is 1. The molecule has 0 bridgehead atoms.